The van der Waals surface area contributed by atoms with Gasteiger partial charge in [0.1, 0.15) is 22.8 Å². The first-order valence-corrected chi connectivity index (χ1v) is 11.2. The fourth-order valence-corrected chi connectivity index (χ4v) is 4.60. The van der Waals surface area contributed by atoms with Gasteiger partial charge in [-0.1, -0.05) is 11.6 Å². The number of rotatable bonds is 6. The Morgan fingerprint density at radius 2 is 1.79 bits per heavy atom. The van der Waals surface area contributed by atoms with Gasteiger partial charge in [0.25, 0.3) is 0 Å². The van der Waals surface area contributed by atoms with E-state index < -0.39 is 5.60 Å². The minimum Gasteiger partial charge on any atom is -0.497 e. The maximum Gasteiger partial charge on any atom is 0.223 e. The minimum atomic E-state index is -0.583. The first-order chi connectivity index (χ1) is 15.8. The summed E-state index contributed by atoms with van der Waals surface area (Å²) in [6, 6.07) is 10.7. The molecule has 0 saturated carbocycles. The van der Waals surface area contributed by atoms with Gasteiger partial charge < -0.3 is 19.1 Å². The Labute approximate surface area is 193 Å². The number of piperidine rings is 1. The van der Waals surface area contributed by atoms with Crippen molar-refractivity contribution in [2.75, 3.05) is 27.3 Å². The molecule has 0 unspecified atom stereocenters. The molecule has 0 bridgehead atoms. The van der Waals surface area contributed by atoms with Crippen LogP contribution in [0.1, 0.15) is 58.4 Å². The zero-order chi connectivity index (χ0) is 23.6. The van der Waals surface area contributed by atoms with Crippen LogP contribution in [0.15, 0.2) is 36.4 Å². The van der Waals surface area contributed by atoms with Crippen LogP contribution in [-0.2, 0) is 4.79 Å². The number of fused-ring (bicyclic) bond motifs is 1. The van der Waals surface area contributed by atoms with Crippen molar-refractivity contribution in [1.82, 2.24) is 4.90 Å². The molecular formula is C26H29NO6. The molecule has 7 nitrogen and oxygen atoms in total. The van der Waals surface area contributed by atoms with Crippen molar-refractivity contribution >= 4 is 17.5 Å². The number of amides is 1. The summed E-state index contributed by atoms with van der Waals surface area (Å²) in [5.74, 6) is 1.59. The average molecular weight is 452 g/mol. The molecule has 0 aliphatic carbocycles. The van der Waals surface area contributed by atoms with E-state index in [9.17, 15) is 14.4 Å². The lowest BCUT2D eigenvalue weighted by Gasteiger charge is -2.44. The number of benzene rings is 2. The summed E-state index contributed by atoms with van der Waals surface area (Å²) in [6.45, 7) is 2.91. The topological polar surface area (TPSA) is 82.1 Å². The molecule has 0 N–H and O–H groups in total. The van der Waals surface area contributed by atoms with Crippen molar-refractivity contribution in [3.63, 3.8) is 0 Å². The van der Waals surface area contributed by atoms with Crippen molar-refractivity contribution in [2.45, 2.75) is 44.6 Å². The van der Waals surface area contributed by atoms with E-state index in [1.807, 2.05) is 13.0 Å². The van der Waals surface area contributed by atoms with Gasteiger partial charge in [0, 0.05) is 38.8 Å². The molecule has 2 aromatic carbocycles. The zero-order valence-electron chi connectivity index (χ0n) is 19.3. The molecule has 0 atom stereocenters. The van der Waals surface area contributed by atoms with Crippen LogP contribution in [0.2, 0.25) is 0 Å². The van der Waals surface area contributed by atoms with Crippen LogP contribution in [0.4, 0.5) is 0 Å². The predicted molar refractivity (Wildman–Crippen MR) is 122 cm³/mol. The van der Waals surface area contributed by atoms with Gasteiger partial charge in [0.05, 0.1) is 31.8 Å². The monoisotopic (exact) mass is 451 g/mol. The van der Waals surface area contributed by atoms with Gasteiger partial charge in [0.2, 0.25) is 5.91 Å². The van der Waals surface area contributed by atoms with Gasteiger partial charge in [-0.25, -0.2) is 0 Å². The van der Waals surface area contributed by atoms with Gasteiger partial charge >= 0.3 is 0 Å². The van der Waals surface area contributed by atoms with Crippen LogP contribution in [0.3, 0.4) is 0 Å². The van der Waals surface area contributed by atoms with E-state index in [1.165, 1.54) is 7.11 Å². The molecule has 1 amide bonds. The molecule has 2 aromatic rings. The molecule has 2 aliphatic heterocycles. The van der Waals surface area contributed by atoms with Crippen LogP contribution in [0.5, 0.6) is 17.2 Å². The number of likely N-dealkylation sites (tertiary alicyclic amines) is 1. The average Bonchev–Trinajstić information content (AvgIpc) is 2.82. The van der Waals surface area contributed by atoms with Crippen molar-refractivity contribution in [3.8, 4) is 17.2 Å². The van der Waals surface area contributed by atoms with E-state index in [4.69, 9.17) is 14.2 Å². The van der Waals surface area contributed by atoms with Crippen molar-refractivity contribution in [1.29, 1.82) is 0 Å². The van der Waals surface area contributed by atoms with E-state index >= 15 is 0 Å². The first-order valence-electron chi connectivity index (χ1n) is 11.2. The van der Waals surface area contributed by atoms with Crippen molar-refractivity contribution in [3.05, 3.63) is 53.1 Å². The van der Waals surface area contributed by atoms with E-state index in [0.29, 0.717) is 60.7 Å². The van der Waals surface area contributed by atoms with E-state index in [-0.39, 0.29) is 30.3 Å². The van der Waals surface area contributed by atoms with Crippen LogP contribution in [0.25, 0.3) is 0 Å². The SMILES string of the molecule is COc1ccc2c(c1)C(=O)CC1(CCN(C(=O)CCC(=O)c3cc(C)ccc3OC)CC1)O2. The molecule has 1 saturated heterocycles. The standard InChI is InChI=1S/C26H29NO6/c1-17-4-7-23(32-3)19(14-17)21(28)6-9-25(30)27-12-10-26(11-13-27)16-22(29)20-15-18(31-2)5-8-24(20)33-26/h4-5,7-8,14-15H,6,9-13,16H2,1-3H3. The quantitative estimate of drug-likeness (QED) is 0.618. The lowest BCUT2D eigenvalue weighted by molar-refractivity contribution is -0.134. The molecule has 1 fully saturated rings. The minimum absolute atomic E-state index is 0.0348. The highest BCUT2D eigenvalue weighted by Crippen LogP contribution is 2.40. The van der Waals surface area contributed by atoms with Gasteiger partial charge in [-0.3, -0.25) is 14.4 Å². The summed E-state index contributed by atoms with van der Waals surface area (Å²) in [4.78, 5) is 40.0. The summed E-state index contributed by atoms with van der Waals surface area (Å²) in [5.41, 5.74) is 1.44. The number of hydrogen-bond acceptors (Lipinski definition) is 6. The Balaban J connectivity index is 1.34. The number of hydrogen-bond donors (Lipinski definition) is 0. The highest BCUT2D eigenvalue weighted by molar-refractivity contribution is 6.01. The molecule has 2 aliphatic rings. The smallest absolute Gasteiger partial charge is 0.223 e. The van der Waals surface area contributed by atoms with Crippen LogP contribution in [0, 0.1) is 6.92 Å². The maximum atomic E-state index is 12.8. The number of carbonyl (C=O) groups is 3. The molecule has 33 heavy (non-hydrogen) atoms. The summed E-state index contributed by atoms with van der Waals surface area (Å²) in [6.07, 6.45) is 1.72. The van der Waals surface area contributed by atoms with E-state index in [1.54, 1.807) is 42.3 Å². The fraction of sp³-hybridized carbons (Fsp3) is 0.423. The Bertz CT molecular complexity index is 1080. The van der Waals surface area contributed by atoms with Gasteiger partial charge in [0.15, 0.2) is 11.6 Å². The third-order valence-electron chi connectivity index (χ3n) is 6.55. The Hall–Kier alpha value is -3.35. The normalized spacial score (nSPS) is 16.7. The molecule has 4 rings (SSSR count). The molecule has 7 heteroatoms. The second-order valence-corrected chi connectivity index (χ2v) is 8.75. The summed E-state index contributed by atoms with van der Waals surface area (Å²) < 4.78 is 16.8. The zero-order valence-corrected chi connectivity index (χ0v) is 19.3. The number of aryl methyl sites for hydroxylation is 1. The Morgan fingerprint density at radius 3 is 2.48 bits per heavy atom. The largest absolute Gasteiger partial charge is 0.497 e. The second kappa shape index (κ2) is 9.25. The van der Waals surface area contributed by atoms with E-state index in [2.05, 4.69) is 0 Å². The van der Waals surface area contributed by atoms with Gasteiger partial charge in [-0.15, -0.1) is 0 Å². The highest BCUT2D eigenvalue weighted by Gasteiger charge is 2.43. The number of Topliss-reactive ketones (excluding diaryl/α,β-unsaturated/α-hetero) is 2. The molecule has 0 aromatic heterocycles. The Morgan fingerprint density at radius 1 is 1.03 bits per heavy atom. The van der Waals surface area contributed by atoms with E-state index in [0.717, 1.165) is 5.56 Å². The first kappa shape index (κ1) is 22.8. The van der Waals surface area contributed by atoms with Crippen LogP contribution < -0.4 is 14.2 Å². The number of ether oxygens (including phenoxy) is 3. The molecule has 1 spiro atoms. The van der Waals surface area contributed by atoms with Crippen LogP contribution >= 0.6 is 0 Å². The molecule has 174 valence electrons. The number of methoxy groups -OCH3 is 2. The predicted octanol–water partition coefficient (Wildman–Crippen LogP) is 4.00. The highest BCUT2D eigenvalue weighted by atomic mass is 16.5. The Kier molecular flexibility index (Phi) is 6.40. The summed E-state index contributed by atoms with van der Waals surface area (Å²) in [7, 11) is 3.10. The number of carbonyl (C=O) groups excluding carboxylic acids is 3. The van der Waals surface area contributed by atoms with Crippen molar-refractivity contribution in [2.24, 2.45) is 0 Å². The fourth-order valence-electron chi connectivity index (χ4n) is 4.60. The third-order valence-corrected chi connectivity index (χ3v) is 6.55. The third kappa shape index (κ3) is 4.72. The van der Waals surface area contributed by atoms with Gasteiger partial charge in [-0.05, 0) is 37.3 Å². The van der Waals surface area contributed by atoms with Gasteiger partial charge in [-0.2, -0.15) is 0 Å². The molecule has 2 heterocycles. The molecular weight excluding hydrogens is 422 g/mol. The number of ketones is 2. The summed E-state index contributed by atoms with van der Waals surface area (Å²) >= 11 is 0. The lowest BCUT2D eigenvalue weighted by atomic mass is 9.82. The second-order valence-electron chi connectivity index (χ2n) is 8.75. The van der Waals surface area contributed by atoms with Crippen LogP contribution in [-0.4, -0.2) is 55.3 Å². The number of nitrogens with zero attached hydrogens (tertiary/aromatic N) is 1. The maximum absolute atomic E-state index is 12.8. The summed E-state index contributed by atoms with van der Waals surface area (Å²) in [5, 5.41) is 0. The lowest BCUT2D eigenvalue weighted by Crippen LogP contribution is -2.52. The molecule has 0 radical (unpaired) electrons. The van der Waals surface area contributed by atoms with Crippen molar-refractivity contribution < 1.29 is 28.6 Å².